The Kier molecular flexibility index (Phi) is 29.3. The summed E-state index contributed by atoms with van der Waals surface area (Å²) in [7, 11) is 18.2. The number of hydrogen-bond donors (Lipinski definition) is 2. The summed E-state index contributed by atoms with van der Waals surface area (Å²) in [5.74, 6) is 1.19. The highest BCUT2D eigenvalue weighted by Crippen LogP contribution is 2.62. The van der Waals surface area contributed by atoms with Crippen LogP contribution >= 0.6 is 54.4 Å². The second-order valence-corrected chi connectivity index (χ2v) is 22.5. The number of halogens is 1. The van der Waals surface area contributed by atoms with Crippen LogP contribution in [0.2, 0.25) is 0 Å². The molecular formula is C44H91B2ClN4O7P2S2. The van der Waals surface area contributed by atoms with Gasteiger partial charge in [0.1, 0.15) is 15.7 Å². The number of rotatable bonds is 5. The summed E-state index contributed by atoms with van der Waals surface area (Å²) >= 11 is 6.10. The molecule has 5 saturated heterocycles. The molecule has 18 heteroatoms. The smallest absolute Gasteiger partial charge is 0.259 e. The maximum absolute atomic E-state index is 9.42. The molecule has 2 N–H and O–H groups in total. The van der Waals surface area contributed by atoms with Crippen molar-refractivity contribution in [3.05, 3.63) is 0 Å². The molecule has 3 saturated carbocycles. The van der Waals surface area contributed by atoms with Gasteiger partial charge in [0, 0.05) is 55.1 Å². The van der Waals surface area contributed by atoms with Crippen LogP contribution < -0.4 is 5.32 Å². The Morgan fingerprint density at radius 3 is 1.68 bits per heavy atom. The minimum atomic E-state index is -0.996. The molecule has 364 valence electrons. The van der Waals surface area contributed by atoms with Crippen LogP contribution in [-0.2, 0) is 27.8 Å². The van der Waals surface area contributed by atoms with Crippen LogP contribution in [-0.4, -0.2) is 155 Å². The fourth-order valence-corrected chi connectivity index (χ4v) is 14.0. The molecule has 3 unspecified atom stereocenters. The van der Waals surface area contributed by atoms with Crippen molar-refractivity contribution in [3.63, 3.8) is 0 Å². The summed E-state index contributed by atoms with van der Waals surface area (Å²) in [6, 6.07) is 1.36. The minimum Gasteiger partial charge on any atom is -0.390 e. The van der Waals surface area contributed by atoms with E-state index in [1.165, 1.54) is 70.6 Å². The van der Waals surface area contributed by atoms with Gasteiger partial charge in [-0.3, -0.25) is 0 Å². The number of aliphatic hydroxyl groups is 1. The van der Waals surface area contributed by atoms with Gasteiger partial charge >= 0.3 is 0 Å². The molecule has 8 aliphatic rings. The van der Waals surface area contributed by atoms with Gasteiger partial charge < -0.3 is 43.1 Å². The SMILES string of the molecule is C.CN1CCOCC1.CN1[C@H]2CCCC[C@]2(C)OP1Cl.CN[C@H]1CCCC[C@H]1C.S.S.[B][C@@H]1O[C@H](CC)[C@H](O)C1C.[B][C@@H]1O[C@H](CC)[C@H](O[P@@]2O[C@@]3(C)CCCC[C@@H]3N2C)C1C. The van der Waals surface area contributed by atoms with Crippen LogP contribution in [0.3, 0.4) is 0 Å². The average Bonchev–Trinajstić information content (AvgIpc) is 3.84. The predicted octanol–water partition coefficient (Wildman–Crippen LogP) is 9.20. The lowest BCUT2D eigenvalue weighted by atomic mass is 9.82. The van der Waals surface area contributed by atoms with Crippen molar-refractivity contribution in [2.24, 2.45) is 17.8 Å². The number of aliphatic hydroxyl groups excluding tert-OH is 1. The van der Waals surface area contributed by atoms with Crippen LogP contribution in [0.15, 0.2) is 0 Å². The van der Waals surface area contributed by atoms with Crippen LogP contribution in [0.25, 0.3) is 0 Å². The average molecular weight is 971 g/mol. The summed E-state index contributed by atoms with van der Waals surface area (Å²) < 4.78 is 39.3. The summed E-state index contributed by atoms with van der Waals surface area (Å²) in [6.45, 7) is 19.0. The van der Waals surface area contributed by atoms with E-state index in [2.05, 4.69) is 82.4 Å². The molecule has 8 fully saturated rings. The fraction of sp³-hybridized carbons (Fsp3) is 1.00. The van der Waals surface area contributed by atoms with Crippen molar-refractivity contribution in [2.45, 2.75) is 212 Å². The van der Waals surface area contributed by atoms with Crippen molar-refractivity contribution >= 4 is 70.1 Å². The van der Waals surface area contributed by atoms with Crippen LogP contribution in [0.5, 0.6) is 0 Å². The van der Waals surface area contributed by atoms with Gasteiger partial charge in [-0.2, -0.15) is 27.0 Å². The first kappa shape index (κ1) is 61.6. The lowest BCUT2D eigenvalue weighted by Gasteiger charge is -2.35. The van der Waals surface area contributed by atoms with Crippen molar-refractivity contribution in [1.29, 1.82) is 0 Å². The lowest BCUT2D eigenvalue weighted by molar-refractivity contribution is 0.0225. The molecule has 0 aromatic carbocycles. The largest absolute Gasteiger partial charge is 0.390 e. The fourth-order valence-electron chi connectivity index (χ4n) is 9.95. The van der Waals surface area contributed by atoms with E-state index in [1.807, 2.05) is 13.8 Å². The van der Waals surface area contributed by atoms with Gasteiger partial charge in [0.2, 0.25) is 7.65 Å². The second kappa shape index (κ2) is 29.5. The zero-order valence-electron chi connectivity index (χ0n) is 39.8. The minimum absolute atomic E-state index is 0. The molecule has 5 heterocycles. The van der Waals surface area contributed by atoms with E-state index >= 15 is 0 Å². The normalized spacial score (nSPS) is 42.8. The van der Waals surface area contributed by atoms with Crippen molar-refractivity contribution < 1.29 is 32.9 Å². The Balaban J connectivity index is 0.000000406. The van der Waals surface area contributed by atoms with Crippen LogP contribution in [0.4, 0.5) is 0 Å². The molecule has 0 bridgehead atoms. The van der Waals surface area contributed by atoms with Crippen molar-refractivity contribution in [3.8, 4) is 0 Å². The standard InChI is InChI=1S/C15H27BNO3P.C8H15ClNOP.C8H17N.C7H13BO2.C5H11NO.CH4.2H2S/c1-5-11-13(10(2)14(16)18-11)19-21-17(4)12-8-6-7-9-15(12,3)20-21;1-8-6-4-3-5-7(8)10(2)12(9)11-8;1-7-5-3-4-6-8(7)9-2;1-3-5-6(9)4(2)7(8)10-5;1-6-2-4-7-5-3-6;;;/h10-14H,5-9H2,1-4H3;7H,3-6H2,1-2H3;7-9H,3-6H2,1-2H3;4-7,9H,3H2,1-2H3;2-5H2,1H3;1H4;2*1H2/t10?,11-,12+,13-,14-,15+,21+;7-,8-,12?;7-,8+;4?,5-,6-,7-;;;;/m1011..../s1. The monoisotopic (exact) mass is 971 g/mol. The summed E-state index contributed by atoms with van der Waals surface area (Å²) in [4.78, 5) is 2.27. The van der Waals surface area contributed by atoms with Gasteiger partial charge in [0.05, 0.1) is 48.8 Å². The predicted molar refractivity (Wildman–Crippen MR) is 274 cm³/mol. The molecule has 8 rings (SSSR count). The zero-order valence-corrected chi connectivity index (χ0v) is 44.4. The van der Waals surface area contributed by atoms with E-state index in [0.717, 1.165) is 57.5 Å². The summed E-state index contributed by atoms with van der Waals surface area (Å²) in [5, 5.41) is 12.8. The van der Waals surface area contributed by atoms with E-state index in [1.54, 1.807) is 0 Å². The van der Waals surface area contributed by atoms with E-state index in [0.29, 0.717) is 12.1 Å². The lowest BCUT2D eigenvalue weighted by Crippen LogP contribution is -2.43. The maximum Gasteiger partial charge on any atom is 0.259 e. The van der Waals surface area contributed by atoms with Gasteiger partial charge in [-0.25, -0.2) is 9.34 Å². The molecule has 11 nitrogen and oxygen atoms in total. The first-order valence-corrected chi connectivity index (χ1v) is 26.4. The van der Waals surface area contributed by atoms with Crippen molar-refractivity contribution in [2.75, 3.05) is 54.5 Å². The van der Waals surface area contributed by atoms with Gasteiger partial charge in [0.15, 0.2) is 0 Å². The Labute approximate surface area is 404 Å². The Morgan fingerprint density at radius 2 is 1.26 bits per heavy atom. The molecule has 62 heavy (non-hydrogen) atoms. The molecule has 3 aliphatic carbocycles. The second-order valence-electron chi connectivity index (χ2n) is 18.9. The number of ether oxygens (including phenoxy) is 3. The highest BCUT2D eigenvalue weighted by molar-refractivity contribution is 7.78. The number of fused-ring (bicyclic) bond motifs is 2. The van der Waals surface area contributed by atoms with Crippen LogP contribution in [0.1, 0.15) is 146 Å². The maximum atomic E-state index is 9.42. The molecule has 0 amide bonds. The molecule has 0 aromatic heterocycles. The Morgan fingerprint density at radius 1 is 0.758 bits per heavy atom. The van der Waals surface area contributed by atoms with E-state index in [4.69, 9.17) is 54.7 Å². The molecule has 0 aromatic rings. The van der Waals surface area contributed by atoms with E-state index < -0.39 is 16.2 Å². The molecule has 5 aliphatic heterocycles. The third-order valence-corrected chi connectivity index (χ3v) is 18.5. The highest BCUT2D eigenvalue weighted by atomic mass is 35.7. The summed E-state index contributed by atoms with van der Waals surface area (Å²) in [6.07, 6.45) is 17.1. The first-order chi connectivity index (χ1) is 28.0. The van der Waals surface area contributed by atoms with Gasteiger partial charge in [0.25, 0.3) is 8.53 Å². The van der Waals surface area contributed by atoms with Gasteiger partial charge in [-0.05, 0) is 111 Å². The molecule has 4 radical (unpaired) electrons. The summed E-state index contributed by atoms with van der Waals surface area (Å²) in [5.41, 5.74) is 0.0195. The first-order valence-electron chi connectivity index (χ1n) is 23.2. The Hall–Kier alpha value is 1.54. The molecule has 0 spiro atoms. The molecule has 16 atom stereocenters. The van der Waals surface area contributed by atoms with E-state index in [9.17, 15) is 5.11 Å². The quantitative estimate of drug-likeness (QED) is 0.204. The topological polar surface area (TPSA) is 97.4 Å². The number of nitrogens with zero attached hydrogens (tertiary/aromatic N) is 3. The van der Waals surface area contributed by atoms with Gasteiger partial charge in [-0.1, -0.05) is 80.6 Å². The zero-order chi connectivity index (χ0) is 43.5. The number of nitrogens with one attached hydrogen (secondary N) is 1. The number of likely N-dealkylation sites (N-methyl/N-ethyl adjacent to an activating group) is 3. The van der Waals surface area contributed by atoms with E-state index in [-0.39, 0.29) is 93.9 Å². The Bertz CT molecular complexity index is 1230. The third-order valence-electron chi connectivity index (χ3n) is 14.4. The van der Waals surface area contributed by atoms with Gasteiger partial charge in [-0.15, -0.1) is 0 Å². The van der Waals surface area contributed by atoms with Crippen LogP contribution in [0, 0.1) is 17.8 Å². The third kappa shape index (κ3) is 16.6. The molecular weight excluding hydrogens is 880 g/mol. The van der Waals surface area contributed by atoms with Crippen molar-refractivity contribution in [1.82, 2.24) is 19.6 Å². The highest BCUT2D eigenvalue weighted by Gasteiger charge is 2.54. The number of hydrogen-bond acceptors (Lipinski definition) is 11. The number of morpholine rings is 1.